The van der Waals surface area contributed by atoms with E-state index >= 15 is 0 Å². The smallest absolute Gasteiger partial charge is 0.261 e. The fourth-order valence-corrected chi connectivity index (χ4v) is 4.67. The lowest BCUT2D eigenvalue weighted by Crippen LogP contribution is -2.65. The summed E-state index contributed by atoms with van der Waals surface area (Å²) in [5.74, 6) is -0.746. The SMILES string of the molecule is C=CC(=O)N1CC(Nc2cc(F)c3ncn(C4CC4)c(=O)c3c2)(c2cccc(Cl)c2C)C1. The predicted molar refractivity (Wildman–Crippen MR) is 122 cm³/mol. The van der Waals surface area contributed by atoms with Crippen LogP contribution in [-0.4, -0.2) is 33.4 Å². The van der Waals surface area contributed by atoms with E-state index in [1.807, 2.05) is 19.1 Å². The van der Waals surface area contributed by atoms with Gasteiger partial charge in [0.15, 0.2) is 5.82 Å². The molecule has 1 N–H and O–H groups in total. The average molecular weight is 453 g/mol. The van der Waals surface area contributed by atoms with Crippen LogP contribution >= 0.6 is 11.6 Å². The van der Waals surface area contributed by atoms with E-state index in [1.165, 1.54) is 18.5 Å². The quantitative estimate of drug-likeness (QED) is 0.590. The number of fused-ring (bicyclic) bond motifs is 1. The second kappa shape index (κ2) is 7.45. The highest BCUT2D eigenvalue weighted by Gasteiger charge is 2.47. The molecule has 1 aliphatic carbocycles. The molecule has 0 unspecified atom stereocenters. The van der Waals surface area contributed by atoms with Gasteiger partial charge in [-0.05, 0) is 55.2 Å². The molecule has 164 valence electrons. The van der Waals surface area contributed by atoms with Gasteiger partial charge in [0.05, 0.1) is 30.3 Å². The Morgan fingerprint density at radius 2 is 2.09 bits per heavy atom. The van der Waals surface area contributed by atoms with Crippen molar-refractivity contribution in [3.63, 3.8) is 0 Å². The zero-order valence-corrected chi connectivity index (χ0v) is 18.3. The third-order valence-corrected chi connectivity index (χ3v) is 6.76. The summed E-state index contributed by atoms with van der Waals surface area (Å²) in [7, 11) is 0. The molecule has 32 heavy (non-hydrogen) atoms. The Labute approximate surface area is 189 Å². The first-order valence-corrected chi connectivity index (χ1v) is 10.9. The normalized spacial score (nSPS) is 17.2. The first-order chi connectivity index (χ1) is 15.3. The van der Waals surface area contributed by atoms with Crippen LogP contribution < -0.4 is 10.9 Å². The molecule has 2 aromatic carbocycles. The van der Waals surface area contributed by atoms with E-state index in [1.54, 1.807) is 21.6 Å². The van der Waals surface area contributed by atoms with Gasteiger partial charge in [-0.25, -0.2) is 9.37 Å². The minimum Gasteiger partial charge on any atom is -0.372 e. The van der Waals surface area contributed by atoms with Crippen molar-refractivity contribution >= 4 is 34.1 Å². The average Bonchev–Trinajstić information content (AvgIpc) is 3.58. The topological polar surface area (TPSA) is 67.2 Å². The van der Waals surface area contributed by atoms with Crippen molar-refractivity contribution in [2.75, 3.05) is 18.4 Å². The van der Waals surface area contributed by atoms with Crippen LogP contribution in [0.5, 0.6) is 0 Å². The van der Waals surface area contributed by atoms with Crippen molar-refractivity contribution in [1.29, 1.82) is 0 Å². The number of carbonyl (C=O) groups is 1. The maximum atomic E-state index is 14.9. The lowest BCUT2D eigenvalue weighted by molar-refractivity contribution is -0.132. The number of amides is 1. The number of hydrogen-bond acceptors (Lipinski definition) is 4. The van der Waals surface area contributed by atoms with Gasteiger partial charge < -0.3 is 10.2 Å². The summed E-state index contributed by atoms with van der Waals surface area (Å²) in [4.78, 5) is 30.9. The molecule has 8 heteroatoms. The van der Waals surface area contributed by atoms with E-state index in [0.29, 0.717) is 23.8 Å². The zero-order chi connectivity index (χ0) is 22.6. The number of nitrogens with one attached hydrogen (secondary N) is 1. The number of hydrogen-bond donors (Lipinski definition) is 1. The van der Waals surface area contributed by atoms with Gasteiger partial charge >= 0.3 is 0 Å². The molecule has 2 fully saturated rings. The van der Waals surface area contributed by atoms with E-state index in [-0.39, 0.29) is 28.4 Å². The lowest BCUT2D eigenvalue weighted by Gasteiger charge is -2.51. The Hall–Kier alpha value is -3.19. The molecule has 1 saturated heterocycles. The van der Waals surface area contributed by atoms with Crippen molar-refractivity contribution in [3.8, 4) is 0 Å². The molecule has 0 radical (unpaired) electrons. The van der Waals surface area contributed by atoms with Crippen molar-refractivity contribution in [3.05, 3.63) is 81.6 Å². The summed E-state index contributed by atoms with van der Waals surface area (Å²) in [5, 5.41) is 4.25. The summed E-state index contributed by atoms with van der Waals surface area (Å²) >= 11 is 6.37. The first-order valence-electron chi connectivity index (χ1n) is 10.5. The molecule has 1 aliphatic heterocycles. The third kappa shape index (κ3) is 3.28. The molecule has 0 spiro atoms. The molecule has 2 heterocycles. The molecule has 2 aliphatic rings. The molecule has 0 bridgehead atoms. The number of rotatable bonds is 5. The van der Waals surface area contributed by atoms with Crippen LogP contribution in [0.1, 0.15) is 30.0 Å². The summed E-state index contributed by atoms with van der Waals surface area (Å²) in [5.41, 5.74) is 1.39. The number of benzene rings is 2. The van der Waals surface area contributed by atoms with Crippen molar-refractivity contribution in [2.24, 2.45) is 0 Å². The van der Waals surface area contributed by atoms with Crippen LogP contribution in [0.3, 0.4) is 0 Å². The molecule has 5 rings (SSSR count). The number of anilines is 1. The van der Waals surface area contributed by atoms with Crippen LogP contribution in [0.4, 0.5) is 10.1 Å². The largest absolute Gasteiger partial charge is 0.372 e. The van der Waals surface area contributed by atoms with Crippen molar-refractivity contribution < 1.29 is 9.18 Å². The van der Waals surface area contributed by atoms with Crippen LogP contribution in [0.15, 0.2) is 54.1 Å². The van der Waals surface area contributed by atoms with E-state index < -0.39 is 11.4 Å². The van der Waals surface area contributed by atoms with Crippen LogP contribution in [-0.2, 0) is 10.3 Å². The highest BCUT2D eigenvalue weighted by molar-refractivity contribution is 6.31. The van der Waals surface area contributed by atoms with Gasteiger partial charge in [-0.3, -0.25) is 14.2 Å². The summed E-state index contributed by atoms with van der Waals surface area (Å²) in [6.07, 6.45) is 4.56. The molecule has 6 nitrogen and oxygen atoms in total. The molecule has 3 aromatic rings. The zero-order valence-electron chi connectivity index (χ0n) is 17.6. The fourth-order valence-electron chi connectivity index (χ4n) is 4.50. The molecule has 1 saturated carbocycles. The minimum absolute atomic E-state index is 0.0579. The predicted octanol–water partition coefficient (Wildman–Crippen LogP) is 4.17. The number of aromatic nitrogens is 2. The van der Waals surface area contributed by atoms with Gasteiger partial charge in [-0.2, -0.15) is 0 Å². The summed E-state index contributed by atoms with van der Waals surface area (Å²) in [6, 6.07) is 8.74. The Balaban J connectivity index is 1.59. The Morgan fingerprint density at radius 3 is 2.78 bits per heavy atom. The second-order valence-electron chi connectivity index (χ2n) is 8.56. The second-order valence-corrected chi connectivity index (χ2v) is 8.97. The van der Waals surface area contributed by atoms with Gasteiger partial charge in [0.1, 0.15) is 5.52 Å². The molecule has 1 amide bonds. The Morgan fingerprint density at radius 1 is 1.34 bits per heavy atom. The van der Waals surface area contributed by atoms with Gasteiger partial charge in [0, 0.05) is 16.8 Å². The number of halogens is 2. The van der Waals surface area contributed by atoms with Crippen LogP contribution in [0.25, 0.3) is 10.9 Å². The molecule has 1 aromatic heterocycles. The highest BCUT2D eigenvalue weighted by atomic mass is 35.5. The Bertz CT molecular complexity index is 1330. The molecular formula is C24H22ClFN4O2. The number of likely N-dealkylation sites (tertiary alicyclic amines) is 1. The highest BCUT2D eigenvalue weighted by Crippen LogP contribution is 2.40. The van der Waals surface area contributed by atoms with Gasteiger partial charge in [-0.1, -0.05) is 30.3 Å². The maximum Gasteiger partial charge on any atom is 0.261 e. The first kappa shape index (κ1) is 20.7. The van der Waals surface area contributed by atoms with Gasteiger partial charge in [0.25, 0.3) is 5.56 Å². The third-order valence-electron chi connectivity index (χ3n) is 6.35. The minimum atomic E-state index is -0.675. The fraction of sp³-hybridized carbons (Fsp3) is 0.292. The van der Waals surface area contributed by atoms with Crippen LogP contribution in [0.2, 0.25) is 5.02 Å². The van der Waals surface area contributed by atoms with E-state index in [9.17, 15) is 14.0 Å². The number of carbonyl (C=O) groups excluding carboxylic acids is 1. The Kier molecular flexibility index (Phi) is 4.82. The summed E-state index contributed by atoms with van der Waals surface area (Å²) in [6.45, 7) is 6.19. The number of nitrogens with zero attached hydrogens (tertiary/aromatic N) is 3. The maximum absolute atomic E-state index is 14.9. The van der Waals surface area contributed by atoms with Crippen LogP contribution in [0, 0.1) is 12.7 Å². The van der Waals surface area contributed by atoms with Crippen molar-refractivity contribution in [1.82, 2.24) is 14.5 Å². The van der Waals surface area contributed by atoms with E-state index in [4.69, 9.17) is 11.6 Å². The molecule has 0 atom stereocenters. The molecular weight excluding hydrogens is 431 g/mol. The monoisotopic (exact) mass is 452 g/mol. The van der Waals surface area contributed by atoms with Crippen molar-refractivity contribution in [2.45, 2.75) is 31.3 Å². The summed E-state index contributed by atoms with van der Waals surface area (Å²) < 4.78 is 16.5. The van der Waals surface area contributed by atoms with Gasteiger partial charge in [0.2, 0.25) is 5.91 Å². The lowest BCUT2D eigenvalue weighted by atomic mass is 9.79. The van der Waals surface area contributed by atoms with E-state index in [0.717, 1.165) is 24.0 Å². The van der Waals surface area contributed by atoms with E-state index in [2.05, 4.69) is 16.9 Å². The standard InChI is InChI=1S/C24H22ClFN4O2/c1-3-21(31)29-11-24(12-29,18-5-4-6-19(25)14(18)2)28-15-9-17-22(20(26)10-15)27-13-30(23(17)32)16-7-8-16/h3-6,9-10,13,16,28H,1,7-8,11-12H2,2H3. The van der Waals surface area contributed by atoms with Gasteiger partial charge in [-0.15, -0.1) is 0 Å².